The summed E-state index contributed by atoms with van der Waals surface area (Å²) in [5, 5.41) is 8.09. The van der Waals surface area contributed by atoms with Crippen molar-refractivity contribution in [3.05, 3.63) is 70.7 Å². The van der Waals surface area contributed by atoms with Crippen LogP contribution in [0.5, 0.6) is 5.75 Å². The molecule has 2 fully saturated rings. The minimum Gasteiger partial charge on any atom is -0.496 e. The van der Waals surface area contributed by atoms with Gasteiger partial charge >= 0.3 is 0 Å². The van der Waals surface area contributed by atoms with Crippen LogP contribution in [0.2, 0.25) is 0 Å². The summed E-state index contributed by atoms with van der Waals surface area (Å²) >= 11 is 0. The quantitative estimate of drug-likeness (QED) is 0.116. The first-order valence-corrected chi connectivity index (χ1v) is 21.7. The molecule has 0 spiro atoms. The van der Waals surface area contributed by atoms with E-state index >= 15 is 0 Å². The zero-order chi connectivity index (χ0) is 43.8. The number of piperidine rings is 1. The van der Waals surface area contributed by atoms with E-state index in [1.807, 2.05) is 13.0 Å². The lowest BCUT2D eigenvalue weighted by molar-refractivity contribution is -0.137. The number of carbonyl (C=O) groups excluding carboxylic acids is 6. The van der Waals surface area contributed by atoms with Crippen LogP contribution in [0.15, 0.2) is 42.6 Å². The Bertz CT molecular complexity index is 2180. The van der Waals surface area contributed by atoms with Gasteiger partial charge in [0.1, 0.15) is 29.3 Å². The number of hydrogen-bond donors (Lipinski definition) is 3. The number of nitrogens with zero attached hydrogens (tertiary/aromatic N) is 5. The normalized spacial score (nSPS) is 18.8. The smallest absolute Gasteiger partial charge is 0.255 e. The fraction of sp³-hybridized carbons (Fsp3) is 0.511. The molecule has 17 heteroatoms. The zero-order valence-corrected chi connectivity index (χ0v) is 35.7. The highest BCUT2D eigenvalue weighted by atomic mass is 16.5. The number of aromatic nitrogens is 2. The van der Waals surface area contributed by atoms with Crippen molar-refractivity contribution in [3.8, 4) is 5.75 Å². The average Bonchev–Trinajstić information content (AvgIpc) is 3.92. The molecule has 17 nitrogen and oxygen atoms in total. The summed E-state index contributed by atoms with van der Waals surface area (Å²) in [4.78, 5) is 91.0. The van der Waals surface area contributed by atoms with Crippen molar-refractivity contribution < 1.29 is 43.0 Å². The van der Waals surface area contributed by atoms with Gasteiger partial charge in [0.15, 0.2) is 5.82 Å². The van der Waals surface area contributed by atoms with E-state index in [9.17, 15) is 28.8 Å². The Balaban J connectivity index is 0.783. The molecule has 2 aromatic carbocycles. The number of likely N-dealkylation sites (N-methyl/N-ethyl adjacent to an activating group) is 1. The number of rotatable bonds is 19. The Labute approximate surface area is 361 Å². The molecule has 0 radical (unpaired) electrons. The van der Waals surface area contributed by atoms with Gasteiger partial charge in [0.25, 0.3) is 11.8 Å². The van der Waals surface area contributed by atoms with Crippen molar-refractivity contribution in [2.75, 3.05) is 62.2 Å². The Morgan fingerprint density at radius 3 is 2.52 bits per heavy atom. The largest absolute Gasteiger partial charge is 0.496 e. The molecular weight excluding hydrogens is 797 g/mol. The fourth-order valence-corrected chi connectivity index (χ4v) is 8.77. The van der Waals surface area contributed by atoms with Crippen LogP contribution in [-0.2, 0) is 41.6 Å². The highest BCUT2D eigenvalue weighted by molar-refractivity contribution is 6.07. The number of methoxy groups -OCH3 is 1. The summed E-state index contributed by atoms with van der Waals surface area (Å²) in [6.07, 6.45) is 9.19. The highest BCUT2D eigenvalue weighted by Gasteiger charge is 2.42. The summed E-state index contributed by atoms with van der Waals surface area (Å²) < 4.78 is 17.0. The van der Waals surface area contributed by atoms with Gasteiger partial charge in [0.2, 0.25) is 23.6 Å². The van der Waals surface area contributed by atoms with Crippen LogP contribution in [0.25, 0.3) is 0 Å². The van der Waals surface area contributed by atoms with E-state index in [2.05, 4.69) is 25.8 Å². The molecule has 3 aromatic rings. The van der Waals surface area contributed by atoms with Gasteiger partial charge in [-0.25, -0.2) is 9.97 Å². The summed E-state index contributed by atoms with van der Waals surface area (Å²) in [5.74, 6) is 0.478. The molecule has 6 amide bonds. The molecular formula is C45H56N8O9. The van der Waals surface area contributed by atoms with E-state index in [0.29, 0.717) is 92.6 Å². The van der Waals surface area contributed by atoms with Crippen LogP contribution >= 0.6 is 0 Å². The summed E-state index contributed by atoms with van der Waals surface area (Å²) in [6.45, 7) is 4.01. The van der Waals surface area contributed by atoms with Crippen LogP contribution < -0.4 is 30.5 Å². The van der Waals surface area contributed by atoms with E-state index in [-0.39, 0.29) is 67.4 Å². The topological polar surface area (TPSA) is 202 Å². The number of carbonyl (C=O) groups is 6. The van der Waals surface area contributed by atoms with Gasteiger partial charge in [-0.05, 0) is 62.8 Å². The maximum Gasteiger partial charge on any atom is 0.255 e. The lowest BCUT2D eigenvalue weighted by Crippen LogP contribution is -2.55. The number of benzene rings is 2. The minimum atomic E-state index is -0.724. The molecule has 4 aliphatic rings. The third kappa shape index (κ3) is 9.89. The molecule has 1 saturated carbocycles. The second-order valence-electron chi connectivity index (χ2n) is 16.1. The van der Waals surface area contributed by atoms with Crippen molar-refractivity contribution in [3.63, 3.8) is 0 Å². The van der Waals surface area contributed by atoms with Crippen LogP contribution in [-0.4, -0.2) is 116 Å². The number of fused-ring (bicyclic) bond motifs is 2. The Morgan fingerprint density at radius 2 is 1.76 bits per heavy atom. The first kappa shape index (κ1) is 44.1. The third-order valence-corrected chi connectivity index (χ3v) is 12.1. The number of imide groups is 1. The molecule has 330 valence electrons. The predicted molar refractivity (Wildman–Crippen MR) is 229 cm³/mol. The SMILES string of the molecule is CC[C@@H]1C(=O)N(C)c2cnc(Cc3ccc(C(=O)NCCOCCOCCCCC(=O)Nc4cccc5c4CN(C4CCC(=O)NC4=O)C5=O)cc3OC)nc2N1C1CCCC1. The second kappa shape index (κ2) is 20.3. The number of nitrogens with one attached hydrogen (secondary N) is 3. The maximum absolute atomic E-state index is 13.3. The van der Waals surface area contributed by atoms with Gasteiger partial charge < -0.3 is 39.5 Å². The summed E-state index contributed by atoms with van der Waals surface area (Å²) in [7, 11) is 3.36. The van der Waals surface area contributed by atoms with Gasteiger partial charge in [-0.15, -0.1) is 0 Å². The van der Waals surface area contributed by atoms with Crippen molar-refractivity contribution in [2.24, 2.45) is 0 Å². The monoisotopic (exact) mass is 852 g/mol. The molecule has 1 unspecified atom stereocenters. The van der Waals surface area contributed by atoms with E-state index in [1.54, 1.807) is 55.6 Å². The predicted octanol–water partition coefficient (Wildman–Crippen LogP) is 3.91. The van der Waals surface area contributed by atoms with Crippen LogP contribution in [0, 0.1) is 0 Å². The summed E-state index contributed by atoms with van der Waals surface area (Å²) in [6, 6.07) is 9.74. The van der Waals surface area contributed by atoms with E-state index in [1.165, 1.54) is 4.90 Å². The van der Waals surface area contributed by atoms with Crippen molar-refractivity contribution in [2.45, 2.75) is 102 Å². The molecule has 0 bridgehead atoms. The zero-order valence-electron chi connectivity index (χ0n) is 35.7. The van der Waals surface area contributed by atoms with Crippen molar-refractivity contribution in [1.82, 2.24) is 25.5 Å². The number of anilines is 3. The van der Waals surface area contributed by atoms with Gasteiger partial charge in [0.05, 0.1) is 33.1 Å². The van der Waals surface area contributed by atoms with E-state index in [4.69, 9.17) is 19.2 Å². The third-order valence-electron chi connectivity index (χ3n) is 12.1. The van der Waals surface area contributed by atoms with E-state index in [0.717, 1.165) is 42.8 Å². The lowest BCUT2D eigenvalue weighted by Gasteiger charge is -2.43. The molecule has 1 aromatic heterocycles. The fourth-order valence-electron chi connectivity index (χ4n) is 8.77. The van der Waals surface area contributed by atoms with Crippen LogP contribution in [0.3, 0.4) is 0 Å². The van der Waals surface area contributed by atoms with Gasteiger partial charge in [-0.2, -0.15) is 0 Å². The van der Waals surface area contributed by atoms with Crippen molar-refractivity contribution in [1.29, 1.82) is 0 Å². The Morgan fingerprint density at radius 1 is 0.968 bits per heavy atom. The minimum absolute atomic E-state index is 0.0726. The van der Waals surface area contributed by atoms with Gasteiger partial charge in [0, 0.05) is 80.0 Å². The number of unbranched alkanes of at least 4 members (excludes halogenated alkanes) is 1. The second-order valence-corrected chi connectivity index (χ2v) is 16.1. The molecule has 2 atom stereocenters. The molecule has 4 heterocycles. The Kier molecular flexibility index (Phi) is 14.4. The van der Waals surface area contributed by atoms with Crippen LogP contribution in [0.1, 0.15) is 109 Å². The maximum atomic E-state index is 13.3. The molecule has 1 saturated heterocycles. The Hall–Kier alpha value is -5.94. The number of hydrogen-bond acceptors (Lipinski definition) is 12. The van der Waals surface area contributed by atoms with Crippen LogP contribution in [0.4, 0.5) is 17.2 Å². The van der Waals surface area contributed by atoms with Gasteiger partial charge in [-0.3, -0.25) is 34.1 Å². The average molecular weight is 853 g/mol. The molecule has 3 N–H and O–H groups in total. The number of amides is 6. The van der Waals surface area contributed by atoms with Gasteiger partial charge in [-0.1, -0.05) is 31.9 Å². The first-order chi connectivity index (χ1) is 30.1. The molecule has 7 rings (SSSR count). The molecule has 3 aliphatic heterocycles. The molecule has 62 heavy (non-hydrogen) atoms. The first-order valence-electron chi connectivity index (χ1n) is 21.7. The molecule has 1 aliphatic carbocycles. The lowest BCUT2D eigenvalue weighted by atomic mass is 10.0. The van der Waals surface area contributed by atoms with E-state index < -0.39 is 11.9 Å². The highest BCUT2D eigenvalue weighted by Crippen LogP contribution is 2.40. The standard InChI is InChI=1S/C45H56N8O9/c1-4-34-45(59)51(2)36-26-47-38(49-41(36)53(34)30-10-5-6-11-30)25-28-15-16-29(24-37(28)60-3)42(56)46-19-21-62-23-22-61-20-8-7-14-39(54)48-33-13-9-12-31-32(33)27-52(44(31)58)35-17-18-40(55)50-43(35)57/h9,12-13,15-16,24,26,30,34-35H,4-8,10-11,14,17-23,25,27H2,1-3H3,(H,46,56)(H,48,54)(H,50,55,57)/t34-,35?/m1/s1. The number of ether oxygens (including phenoxy) is 3. The van der Waals surface area contributed by atoms with Crippen molar-refractivity contribution >= 4 is 52.6 Å². The summed E-state index contributed by atoms with van der Waals surface area (Å²) in [5.41, 5.74) is 3.65.